The number of para-hydroxylation sites is 1. The van der Waals surface area contributed by atoms with Crippen LogP contribution in [0.1, 0.15) is 19.4 Å². The summed E-state index contributed by atoms with van der Waals surface area (Å²) in [6.07, 6.45) is 1.79. The number of benzene rings is 3. The number of nitrogens with one attached hydrogen (secondary N) is 1. The van der Waals surface area contributed by atoms with Crippen molar-refractivity contribution in [3.05, 3.63) is 84.6 Å². The highest BCUT2D eigenvalue weighted by Gasteiger charge is 2.30. The summed E-state index contributed by atoms with van der Waals surface area (Å²) < 4.78 is 30.6. The average molecular weight is 585 g/mol. The van der Waals surface area contributed by atoms with Gasteiger partial charge in [0, 0.05) is 17.8 Å². The van der Waals surface area contributed by atoms with Crippen molar-refractivity contribution < 1.29 is 28.2 Å². The molecule has 0 bridgehead atoms. The molecule has 0 saturated heterocycles. The Bertz CT molecular complexity index is 1840. The fourth-order valence-electron chi connectivity index (χ4n) is 4.34. The molecule has 214 valence electrons. The lowest BCUT2D eigenvalue weighted by atomic mass is 10.1. The van der Waals surface area contributed by atoms with E-state index < -0.39 is 5.60 Å². The van der Waals surface area contributed by atoms with E-state index in [4.69, 9.17) is 23.4 Å². The van der Waals surface area contributed by atoms with Gasteiger partial charge in [0.1, 0.15) is 35.1 Å². The average Bonchev–Trinajstić information content (AvgIpc) is 3.69. The summed E-state index contributed by atoms with van der Waals surface area (Å²) in [5.74, 6) is 2.11. The molecule has 10 nitrogen and oxygen atoms in total. The number of aromatic nitrogens is 3. The molecule has 1 amide bonds. The Kier molecular flexibility index (Phi) is 7.17. The maximum Gasteiger partial charge on any atom is 0.294 e. The van der Waals surface area contributed by atoms with Crippen LogP contribution < -0.4 is 24.3 Å². The quantitative estimate of drug-likeness (QED) is 0.192. The van der Waals surface area contributed by atoms with Crippen molar-refractivity contribution in [2.24, 2.45) is 0 Å². The number of carbonyl (C=O) groups excluding carboxylic acids is 1. The van der Waals surface area contributed by atoms with Gasteiger partial charge in [-0.05, 0) is 61.1 Å². The second kappa shape index (κ2) is 11.1. The lowest BCUT2D eigenvalue weighted by Gasteiger charge is -2.25. The van der Waals surface area contributed by atoms with Gasteiger partial charge in [0.05, 0.1) is 25.8 Å². The summed E-state index contributed by atoms with van der Waals surface area (Å²) in [6, 6.07) is 22.3. The molecular formula is C31H28N4O6S. The zero-order valence-corrected chi connectivity index (χ0v) is 24.2. The van der Waals surface area contributed by atoms with Gasteiger partial charge in [0.2, 0.25) is 4.96 Å². The van der Waals surface area contributed by atoms with E-state index in [2.05, 4.69) is 15.4 Å². The highest BCUT2D eigenvalue weighted by atomic mass is 32.1. The second-order valence-electron chi connectivity index (χ2n) is 9.94. The van der Waals surface area contributed by atoms with E-state index in [9.17, 15) is 4.79 Å². The molecule has 0 atom stereocenters. The number of anilines is 1. The van der Waals surface area contributed by atoms with Gasteiger partial charge in [-0.15, -0.1) is 5.10 Å². The van der Waals surface area contributed by atoms with Crippen LogP contribution in [0.3, 0.4) is 0 Å². The van der Waals surface area contributed by atoms with Gasteiger partial charge in [-0.3, -0.25) is 4.79 Å². The molecule has 1 N–H and O–H groups in total. The standard InChI is InChI=1S/C31H28N4O6S/c1-31(2,41-21-11-6-5-7-12-21)28(36)32-20-10-8-9-19(13-20)18-39-25-14-22(37-3)15-26-23(25)16-27(40-26)24-17-35-29(33-24)42-30(34-35)38-4/h5-17H,18H2,1-4H3,(H,32,36). The summed E-state index contributed by atoms with van der Waals surface area (Å²) in [6.45, 7) is 3.71. The predicted molar refractivity (Wildman–Crippen MR) is 160 cm³/mol. The molecule has 0 radical (unpaired) electrons. The van der Waals surface area contributed by atoms with Crippen molar-refractivity contribution in [2.75, 3.05) is 19.5 Å². The van der Waals surface area contributed by atoms with Gasteiger partial charge >= 0.3 is 0 Å². The summed E-state index contributed by atoms with van der Waals surface area (Å²) in [7, 11) is 3.16. The molecule has 0 saturated carbocycles. The first-order valence-corrected chi connectivity index (χ1v) is 13.9. The molecule has 42 heavy (non-hydrogen) atoms. The van der Waals surface area contributed by atoms with E-state index in [1.54, 1.807) is 44.8 Å². The van der Waals surface area contributed by atoms with Crippen LogP contribution in [-0.2, 0) is 11.4 Å². The van der Waals surface area contributed by atoms with E-state index in [1.807, 2.05) is 66.7 Å². The smallest absolute Gasteiger partial charge is 0.294 e. The normalized spacial score (nSPS) is 11.5. The molecule has 0 fully saturated rings. The molecule has 0 aliphatic rings. The predicted octanol–water partition coefficient (Wildman–Crippen LogP) is 6.60. The van der Waals surface area contributed by atoms with E-state index in [0.717, 1.165) is 10.9 Å². The molecule has 0 aliphatic carbocycles. The minimum atomic E-state index is -1.08. The molecule has 3 aromatic carbocycles. The number of hydrogen-bond donors (Lipinski definition) is 1. The highest BCUT2D eigenvalue weighted by molar-refractivity contribution is 7.18. The molecular weight excluding hydrogens is 556 g/mol. The topological polar surface area (TPSA) is 109 Å². The molecule has 3 aromatic heterocycles. The van der Waals surface area contributed by atoms with Crippen LogP contribution >= 0.6 is 11.3 Å². The fourth-order valence-corrected chi connectivity index (χ4v) is 5.04. The van der Waals surface area contributed by atoms with Gasteiger partial charge in [-0.1, -0.05) is 30.3 Å². The first-order chi connectivity index (χ1) is 20.3. The molecule has 11 heteroatoms. The number of rotatable bonds is 10. The Morgan fingerprint density at radius 3 is 2.60 bits per heavy atom. The van der Waals surface area contributed by atoms with Crippen molar-refractivity contribution in [3.63, 3.8) is 0 Å². The number of fused-ring (bicyclic) bond motifs is 2. The van der Waals surface area contributed by atoms with Crippen molar-refractivity contribution in [3.8, 4) is 33.9 Å². The minimum Gasteiger partial charge on any atom is -0.496 e. The van der Waals surface area contributed by atoms with E-state index in [1.165, 1.54) is 11.3 Å². The number of amides is 1. The summed E-state index contributed by atoms with van der Waals surface area (Å²) >= 11 is 1.34. The third-order valence-corrected chi connectivity index (χ3v) is 7.39. The fraction of sp³-hybridized carbons (Fsp3) is 0.194. The molecule has 0 unspecified atom stereocenters. The Morgan fingerprint density at radius 1 is 1.00 bits per heavy atom. The zero-order chi connectivity index (χ0) is 29.3. The van der Waals surface area contributed by atoms with Crippen molar-refractivity contribution in [2.45, 2.75) is 26.1 Å². The lowest BCUT2D eigenvalue weighted by Crippen LogP contribution is -2.42. The van der Waals surface area contributed by atoms with Crippen molar-refractivity contribution >= 4 is 38.9 Å². The number of hydrogen-bond acceptors (Lipinski definition) is 9. The van der Waals surface area contributed by atoms with Crippen LogP contribution in [0, 0.1) is 0 Å². The van der Waals surface area contributed by atoms with Gasteiger partial charge in [0.25, 0.3) is 11.1 Å². The van der Waals surface area contributed by atoms with Crippen molar-refractivity contribution in [1.82, 2.24) is 14.6 Å². The molecule has 6 aromatic rings. The van der Waals surface area contributed by atoms with Crippen LogP contribution in [0.15, 0.2) is 83.4 Å². The maximum absolute atomic E-state index is 13.0. The largest absolute Gasteiger partial charge is 0.496 e. The summed E-state index contributed by atoms with van der Waals surface area (Å²) in [5, 5.41) is 8.58. The van der Waals surface area contributed by atoms with Gasteiger partial charge in [-0.2, -0.15) is 0 Å². The van der Waals surface area contributed by atoms with Gasteiger partial charge < -0.3 is 28.7 Å². The number of imidazole rings is 1. The molecule has 3 heterocycles. The van der Waals surface area contributed by atoms with E-state index in [-0.39, 0.29) is 12.5 Å². The Labute approximate surface area is 245 Å². The van der Waals surface area contributed by atoms with Crippen LogP contribution in [0.5, 0.6) is 22.4 Å². The van der Waals surface area contributed by atoms with Crippen LogP contribution in [-0.4, -0.2) is 40.3 Å². The first-order valence-electron chi connectivity index (χ1n) is 13.1. The minimum absolute atomic E-state index is 0.250. The third kappa shape index (κ3) is 5.59. The second-order valence-corrected chi connectivity index (χ2v) is 10.9. The SMILES string of the molecule is COc1cc(OCc2cccc(NC(=O)C(C)(C)Oc3ccccc3)c2)c2cc(-c3cn4nc(OC)sc4n3)oc2c1. The highest BCUT2D eigenvalue weighted by Crippen LogP contribution is 2.37. The number of carbonyl (C=O) groups is 1. The number of ether oxygens (including phenoxy) is 4. The van der Waals surface area contributed by atoms with Gasteiger partial charge in [-0.25, -0.2) is 9.50 Å². The summed E-state index contributed by atoms with van der Waals surface area (Å²) in [5.41, 5.74) is 1.66. The van der Waals surface area contributed by atoms with Crippen LogP contribution in [0.25, 0.3) is 27.4 Å². The first kappa shape index (κ1) is 27.2. The van der Waals surface area contributed by atoms with Crippen LogP contribution in [0.2, 0.25) is 0 Å². The van der Waals surface area contributed by atoms with Gasteiger partial charge in [0.15, 0.2) is 11.4 Å². The molecule has 0 aliphatic heterocycles. The van der Waals surface area contributed by atoms with Crippen molar-refractivity contribution in [1.29, 1.82) is 0 Å². The number of furan rings is 1. The molecule has 6 rings (SSSR count). The number of methoxy groups -OCH3 is 2. The maximum atomic E-state index is 13.0. The van der Waals surface area contributed by atoms with Crippen LogP contribution in [0.4, 0.5) is 5.69 Å². The Hall–Kier alpha value is -5.03. The summed E-state index contributed by atoms with van der Waals surface area (Å²) in [4.78, 5) is 18.3. The lowest BCUT2D eigenvalue weighted by molar-refractivity contribution is -0.128. The van der Waals surface area contributed by atoms with E-state index >= 15 is 0 Å². The zero-order valence-electron chi connectivity index (χ0n) is 23.4. The Balaban J connectivity index is 1.19. The molecule has 0 spiro atoms. The monoisotopic (exact) mass is 584 g/mol. The Morgan fingerprint density at radius 2 is 1.83 bits per heavy atom. The number of nitrogens with zero attached hydrogens (tertiary/aromatic N) is 3. The van der Waals surface area contributed by atoms with E-state index in [0.29, 0.717) is 50.1 Å². The third-order valence-electron chi connectivity index (χ3n) is 6.50.